The lowest BCUT2D eigenvalue weighted by atomic mass is 9.90. The molecule has 0 aliphatic carbocycles. The quantitative estimate of drug-likeness (QED) is 0.872. The number of nitrogens with one attached hydrogen (secondary N) is 2. The third-order valence-corrected chi connectivity index (χ3v) is 3.34. The van der Waals surface area contributed by atoms with Crippen molar-refractivity contribution in [3.05, 3.63) is 29.8 Å². The van der Waals surface area contributed by atoms with Gasteiger partial charge in [-0.05, 0) is 24.0 Å². The van der Waals surface area contributed by atoms with Gasteiger partial charge in [0.25, 0.3) is 0 Å². The van der Waals surface area contributed by atoms with Gasteiger partial charge in [-0.3, -0.25) is 9.59 Å². The van der Waals surface area contributed by atoms with E-state index in [1.165, 1.54) is 0 Å². The van der Waals surface area contributed by atoms with Crippen LogP contribution in [0.15, 0.2) is 24.3 Å². The molecule has 2 rings (SSSR count). The smallest absolute Gasteiger partial charge is 0.228 e. The molecular weight excluding hydrogens is 240 g/mol. The Balaban J connectivity index is 2.07. The van der Waals surface area contributed by atoms with E-state index < -0.39 is 0 Å². The van der Waals surface area contributed by atoms with Gasteiger partial charge in [0, 0.05) is 18.7 Å². The van der Waals surface area contributed by atoms with Gasteiger partial charge < -0.3 is 10.6 Å². The van der Waals surface area contributed by atoms with Crippen LogP contribution in [0.25, 0.3) is 0 Å². The van der Waals surface area contributed by atoms with Crippen molar-refractivity contribution < 1.29 is 9.59 Å². The number of para-hydroxylation sites is 1. The minimum Gasteiger partial charge on any atom is -0.356 e. The molecular formula is C15H20N2O2. The van der Waals surface area contributed by atoms with Gasteiger partial charge >= 0.3 is 0 Å². The maximum absolute atomic E-state index is 12.2. The highest BCUT2D eigenvalue weighted by molar-refractivity contribution is 6.01. The van der Waals surface area contributed by atoms with Crippen LogP contribution < -0.4 is 10.6 Å². The molecule has 2 amide bonds. The highest BCUT2D eigenvalue weighted by atomic mass is 16.2. The van der Waals surface area contributed by atoms with E-state index in [-0.39, 0.29) is 24.2 Å². The molecule has 1 aliphatic heterocycles. The molecule has 4 nitrogen and oxygen atoms in total. The van der Waals surface area contributed by atoms with Crippen LogP contribution in [0, 0.1) is 5.92 Å². The largest absolute Gasteiger partial charge is 0.356 e. The first kappa shape index (κ1) is 13.6. The molecule has 1 aliphatic rings. The van der Waals surface area contributed by atoms with Crippen molar-refractivity contribution in [3.8, 4) is 0 Å². The summed E-state index contributed by atoms with van der Waals surface area (Å²) >= 11 is 0. The molecule has 0 saturated carbocycles. The molecule has 1 aromatic carbocycles. The van der Waals surface area contributed by atoms with E-state index >= 15 is 0 Å². The minimum atomic E-state index is -0.364. The van der Waals surface area contributed by atoms with E-state index in [0.29, 0.717) is 12.5 Å². The summed E-state index contributed by atoms with van der Waals surface area (Å²) in [6, 6.07) is 7.49. The number of fused-ring (bicyclic) bond motifs is 1. The van der Waals surface area contributed by atoms with E-state index in [1.54, 1.807) is 0 Å². The summed E-state index contributed by atoms with van der Waals surface area (Å²) in [4.78, 5) is 23.8. The molecule has 0 bridgehead atoms. The van der Waals surface area contributed by atoms with Gasteiger partial charge in [-0.1, -0.05) is 32.0 Å². The lowest BCUT2D eigenvalue weighted by Crippen LogP contribution is -2.35. The van der Waals surface area contributed by atoms with Gasteiger partial charge in [-0.2, -0.15) is 0 Å². The van der Waals surface area contributed by atoms with Crippen LogP contribution >= 0.6 is 0 Å². The van der Waals surface area contributed by atoms with E-state index in [4.69, 9.17) is 0 Å². The predicted octanol–water partition coefficient (Wildman–Crippen LogP) is 2.27. The van der Waals surface area contributed by atoms with Gasteiger partial charge in [-0.25, -0.2) is 0 Å². The van der Waals surface area contributed by atoms with Crippen molar-refractivity contribution in [3.63, 3.8) is 0 Å². The third-order valence-electron chi connectivity index (χ3n) is 3.34. The van der Waals surface area contributed by atoms with Crippen molar-refractivity contribution in [1.82, 2.24) is 5.32 Å². The van der Waals surface area contributed by atoms with Gasteiger partial charge in [-0.15, -0.1) is 0 Å². The van der Waals surface area contributed by atoms with Crippen molar-refractivity contribution in [2.24, 2.45) is 5.92 Å². The number of rotatable bonds is 4. The molecule has 1 unspecified atom stereocenters. The number of benzene rings is 1. The number of carbonyl (C=O) groups excluding carboxylic acids is 2. The molecule has 0 saturated heterocycles. The Morgan fingerprint density at radius 1 is 1.42 bits per heavy atom. The Morgan fingerprint density at radius 3 is 2.89 bits per heavy atom. The fourth-order valence-electron chi connectivity index (χ4n) is 2.25. The molecule has 1 aromatic rings. The van der Waals surface area contributed by atoms with Crippen molar-refractivity contribution in [2.75, 3.05) is 11.9 Å². The molecule has 0 fully saturated rings. The second kappa shape index (κ2) is 5.87. The van der Waals surface area contributed by atoms with Crippen molar-refractivity contribution in [1.29, 1.82) is 0 Å². The number of hydrogen-bond donors (Lipinski definition) is 2. The van der Waals surface area contributed by atoms with Crippen LogP contribution in [0.5, 0.6) is 0 Å². The Morgan fingerprint density at radius 2 is 2.16 bits per heavy atom. The van der Waals surface area contributed by atoms with Crippen molar-refractivity contribution in [2.45, 2.75) is 32.6 Å². The molecule has 1 heterocycles. The van der Waals surface area contributed by atoms with Crippen molar-refractivity contribution >= 4 is 17.5 Å². The Labute approximate surface area is 113 Å². The minimum absolute atomic E-state index is 0.0528. The van der Waals surface area contributed by atoms with Crippen LogP contribution in [-0.4, -0.2) is 18.4 Å². The SMILES string of the molecule is CC(C)CCNC(=O)C1CC(=O)Nc2ccccc21. The summed E-state index contributed by atoms with van der Waals surface area (Å²) in [5.74, 6) is 0.0463. The normalized spacial score (nSPS) is 17.8. The first-order valence-electron chi connectivity index (χ1n) is 6.74. The molecule has 0 aromatic heterocycles. The highest BCUT2D eigenvalue weighted by Gasteiger charge is 2.29. The zero-order valence-electron chi connectivity index (χ0n) is 11.4. The number of amides is 2. The standard InChI is InChI=1S/C15H20N2O2/c1-10(2)7-8-16-15(19)12-9-14(18)17-13-6-4-3-5-11(12)13/h3-6,10,12H,7-9H2,1-2H3,(H,16,19)(H,17,18). The van der Waals surface area contributed by atoms with Gasteiger partial charge in [0.2, 0.25) is 11.8 Å². The van der Waals surface area contributed by atoms with Crippen LogP contribution in [0.3, 0.4) is 0 Å². The first-order valence-corrected chi connectivity index (χ1v) is 6.74. The maximum Gasteiger partial charge on any atom is 0.228 e. The van der Waals surface area contributed by atoms with E-state index in [2.05, 4.69) is 24.5 Å². The second-order valence-electron chi connectivity index (χ2n) is 5.37. The number of carbonyl (C=O) groups is 2. The van der Waals surface area contributed by atoms with E-state index in [1.807, 2.05) is 24.3 Å². The van der Waals surface area contributed by atoms with Crippen LogP contribution in [-0.2, 0) is 9.59 Å². The summed E-state index contributed by atoms with van der Waals surface area (Å²) in [6.45, 7) is 4.90. The molecule has 19 heavy (non-hydrogen) atoms. The molecule has 4 heteroatoms. The molecule has 0 radical (unpaired) electrons. The van der Waals surface area contributed by atoms with E-state index in [0.717, 1.165) is 17.7 Å². The first-order chi connectivity index (χ1) is 9.08. The maximum atomic E-state index is 12.2. The van der Waals surface area contributed by atoms with E-state index in [9.17, 15) is 9.59 Å². The number of hydrogen-bond acceptors (Lipinski definition) is 2. The van der Waals surface area contributed by atoms with Crippen LogP contribution in [0.2, 0.25) is 0 Å². The fourth-order valence-corrected chi connectivity index (χ4v) is 2.25. The summed E-state index contributed by atoms with van der Waals surface area (Å²) in [5, 5.41) is 5.73. The van der Waals surface area contributed by atoms with Gasteiger partial charge in [0.05, 0.1) is 5.92 Å². The predicted molar refractivity (Wildman–Crippen MR) is 74.9 cm³/mol. The van der Waals surface area contributed by atoms with Gasteiger partial charge in [0.1, 0.15) is 0 Å². The Bertz CT molecular complexity index is 483. The number of anilines is 1. The topological polar surface area (TPSA) is 58.2 Å². The molecule has 1 atom stereocenters. The average Bonchev–Trinajstić information content (AvgIpc) is 2.37. The van der Waals surface area contributed by atoms with Crippen LogP contribution in [0.4, 0.5) is 5.69 Å². The highest BCUT2D eigenvalue weighted by Crippen LogP contribution is 2.31. The average molecular weight is 260 g/mol. The van der Waals surface area contributed by atoms with Gasteiger partial charge in [0.15, 0.2) is 0 Å². The summed E-state index contributed by atoms with van der Waals surface area (Å²) in [7, 11) is 0. The molecule has 0 spiro atoms. The Kier molecular flexibility index (Phi) is 4.20. The zero-order valence-corrected chi connectivity index (χ0v) is 11.4. The molecule has 102 valence electrons. The second-order valence-corrected chi connectivity index (χ2v) is 5.37. The lowest BCUT2D eigenvalue weighted by Gasteiger charge is -2.24. The summed E-state index contributed by atoms with van der Waals surface area (Å²) < 4.78 is 0. The lowest BCUT2D eigenvalue weighted by molar-refractivity contribution is -0.126. The third kappa shape index (κ3) is 3.34. The Hall–Kier alpha value is -1.84. The monoisotopic (exact) mass is 260 g/mol. The fraction of sp³-hybridized carbons (Fsp3) is 0.467. The zero-order chi connectivity index (χ0) is 13.8. The summed E-state index contributed by atoms with van der Waals surface area (Å²) in [6.07, 6.45) is 1.18. The molecule has 2 N–H and O–H groups in total. The summed E-state index contributed by atoms with van der Waals surface area (Å²) in [5.41, 5.74) is 1.66. The van der Waals surface area contributed by atoms with Crippen LogP contribution in [0.1, 0.15) is 38.2 Å².